The second-order valence-corrected chi connectivity index (χ2v) is 4.39. The number of hydrogen-bond donors (Lipinski definition) is 2. The number of nitrogens with zero attached hydrogens (tertiary/aromatic N) is 1. The maximum Gasteiger partial charge on any atom is 0.225 e. The van der Waals surface area contributed by atoms with Crippen molar-refractivity contribution in [1.82, 2.24) is 10.2 Å². The number of carbonyl (C=O) groups excluding carboxylic acids is 2. The molecule has 1 saturated carbocycles. The number of rotatable bonds is 2. The standard InChI is InChI=1S/C10H16N2O3/c1-6(13)11-8-4-12(5-9(8)14)10(15)7-2-3-7/h7-9,14H,2-5H2,1H3,(H,11,13)/t8-,9-/m1/s1. The summed E-state index contributed by atoms with van der Waals surface area (Å²) in [5, 5.41) is 12.3. The van der Waals surface area contributed by atoms with Crippen LogP contribution in [0, 0.1) is 5.92 Å². The molecule has 0 bridgehead atoms. The van der Waals surface area contributed by atoms with Gasteiger partial charge < -0.3 is 15.3 Å². The zero-order valence-corrected chi connectivity index (χ0v) is 8.77. The zero-order valence-electron chi connectivity index (χ0n) is 8.77. The predicted molar refractivity (Wildman–Crippen MR) is 52.9 cm³/mol. The molecule has 15 heavy (non-hydrogen) atoms. The van der Waals surface area contributed by atoms with E-state index in [2.05, 4.69) is 5.32 Å². The first-order valence-corrected chi connectivity index (χ1v) is 5.32. The molecule has 1 heterocycles. The summed E-state index contributed by atoms with van der Waals surface area (Å²) in [7, 11) is 0. The number of carbonyl (C=O) groups is 2. The van der Waals surface area contributed by atoms with Crippen LogP contribution in [0.25, 0.3) is 0 Å². The van der Waals surface area contributed by atoms with Crippen LogP contribution in [-0.4, -0.2) is 47.1 Å². The van der Waals surface area contributed by atoms with E-state index in [1.54, 1.807) is 4.90 Å². The Labute approximate surface area is 88.4 Å². The lowest BCUT2D eigenvalue weighted by Gasteiger charge is -2.15. The van der Waals surface area contributed by atoms with Gasteiger partial charge in [-0.3, -0.25) is 9.59 Å². The number of aliphatic hydroxyl groups excluding tert-OH is 1. The molecule has 2 N–H and O–H groups in total. The highest BCUT2D eigenvalue weighted by atomic mass is 16.3. The Morgan fingerprint density at radius 3 is 2.53 bits per heavy atom. The summed E-state index contributed by atoms with van der Waals surface area (Å²) in [5.41, 5.74) is 0. The highest BCUT2D eigenvalue weighted by molar-refractivity contribution is 5.81. The second kappa shape index (κ2) is 3.81. The normalized spacial score (nSPS) is 30.4. The molecule has 0 radical (unpaired) electrons. The van der Waals surface area contributed by atoms with Gasteiger partial charge in [-0.2, -0.15) is 0 Å². The van der Waals surface area contributed by atoms with Crippen LogP contribution in [0.3, 0.4) is 0 Å². The molecule has 0 aromatic heterocycles. The van der Waals surface area contributed by atoms with E-state index in [1.807, 2.05) is 0 Å². The molecule has 2 rings (SSSR count). The topological polar surface area (TPSA) is 69.6 Å². The third kappa shape index (κ3) is 2.28. The van der Waals surface area contributed by atoms with Gasteiger partial charge in [0.2, 0.25) is 11.8 Å². The number of likely N-dealkylation sites (tertiary alicyclic amines) is 1. The summed E-state index contributed by atoms with van der Waals surface area (Å²) in [4.78, 5) is 24.2. The Morgan fingerprint density at radius 1 is 1.33 bits per heavy atom. The Morgan fingerprint density at radius 2 is 2.00 bits per heavy atom. The first-order valence-electron chi connectivity index (χ1n) is 5.32. The third-order valence-electron chi connectivity index (χ3n) is 2.92. The van der Waals surface area contributed by atoms with Gasteiger partial charge in [0.1, 0.15) is 0 Å². The fourth-order valence-corrected chi connectivity index (χ4v) is 1.96. The van der Waals surface area contributed by atoms with Crippen molar-refractivity contribution in [2.24, 2.45) is 5.92 Å². The lowest BCUT2D eigenvalue weighted by Crippen LogP contribution is -2.42. The van der Waals surface area contributed by atoms with Crippen LogP contribution in [0.5, 0.6) is 0 Å². The molecule has 84 valence electrons. The molecule has 0 unspecified atom stereocenters. The summed E-state index contributed by atoms with van der Waals surface area (Å²) in [6.07, 6.45) is 1.31. The summed E-state index contributed by atoms with van der Waals surface area (Å²) in [6.45, 7) is 2.20. The molecule has 0 aromatic carbocycles. The molecule has 1 aliphatic heterocycles. The van der Waals surface area contributed by atoms with E-state index < -0.39 is 6.10 Å². The molecule has 5 heteroatoms. The van der Waals surface area contributed by atoms with Gasteiger partial charge in [-0.15, -0.1) is 0 Å². The van der Waals surface area contributed by atoms with E-state index in [4.69, 9.17) is 0 Å². The van der Waals surface area contributed by atoms with Gasteiger partial charge in [0.15, 0.2) is 0 Å². The molecule has 2 fully saturated rings. The van der Waals surface area contributed by atoms with Crippen molar-refractivity contribution in [3.05, 3.63) is 0 Å². The van der Waals surface area contributed by atoms with Crippen LogP contribution >= 0.6 is 0 Å². The van der Waals surface area contributed by atoms with Gasteiger partial charge in [-0.1, -0.05) is 0 Å². The Bertz CT molecular complexity index is 288. The fourth-order valence-electron chi connectivity index (χ4n) is 1.96. The van der Waals surface area contributed by atoms with Gasteiger partial charge in [0.05, 0.1) is 12.1 Å². The zero-order chi connectivity index (χ0) is 11.0. The second-order valence-electron chi connectivity index (χ2n) is 4.39. The van der Waals surface area contributed by atoms with Crippen molar-refractivity contribution >= 4 is 11.8 Å². The van der Waals surface area contributed by atoms with Crippen LogP contribution < -0.4 is 5.32 Å². The van der Waals surface area contributed by atoms with Gasteiger partial charge in [0.25, 0.3) is 0 Å². The third-order valence-corrected chi connectivity index (χ3v) is 2.92. The van der Waals surface area contributed by atoms with E-state index >= 15 is 0 Å². The molecule has 2 amide bonds. The highest BCUT2D eigenvalue weighted by Gasteiger charge is 2.40. The van der Waals surface area contributed by atoms with Gasteiger partial charge >= 0.3 is 0 Å². The van der Waals surface area contributed by atoms with E-state index in [1.165, 1.54) is 6.92 Å². The molecule has 5 nitrogen and oxygen atoms in total. The lowest BCUT2D eigenvalue weighted by molar-refractivity contribution is -0.132. The average Bonchev–Trinajstić information content (AvgIpc) is 2.92. The van der Waals surface area contributed by atoms with Crippen molar-refractivity contribution in [1.29, 1.82) is 0 Å². The maximum absolute atomic E-state index is 11.7. The van der Waals surface area contributed by atoms with Gasteiger partial charge in [-0.25, -0.2) is 0 Å². The van der Waals surface area contributed by atoms with Crippen LogP contribution in [-0.2, 0) is 9.59 Å². The minimum absolute atomic E-state index is 0.127. The number of nitrogens with one attached hydrogen (secondary N) is 1. The van der Waals surface area contributed by atoms with Crippen molar-refractivity contribution in [2.45, 2.75) is 31.9 Å². The lowest BCUT2D eigenvalue weighted by atomic mass is 10.2. The summed E-state index contributed by atoms with van der Waals surface area (Å²) in [6, 6.07) is -0.301. The summed E-state index contributed by atoms with van der Waals surface area (Å²) >= 11 is 0. The van der Waals surface area contributed by atoms with Gasteiger partial charge in [0, 0.05) is 25.9 Å². The maximum atomic E-state index is 11.7. The number of hydrogen-bond acceptors (Lipinski definition) is 3. The van der Waals surface area contributed by atoms with Crippen LogP contribution in [0.4, 0.5) is 0 Å². The summed E-state index contributed by atoms with van der Waals surface area (Å²) < 4.78 is 0. The van der Waals surface area contributed by atoms with Crippen molar-refractivity contribution < 1.29 is 14.7 Å². The monoisotopic (exact) mass is 212 g/mol. The van der Waals surface area contributed by atoms with E-state index in [0.29, 0.717) is 13.1 Å². The minimum atomic E-state index is -0.628. The first-order chi connectivity index (χ1) is 7.08. The Kier molecular flexibility index (Phi) is 2.65. The van der Waals surface area contributed by atoms with Crippen LogP contribution in [0.2, 0.25) is 0 Å². The SMILES string of the molecule is CC(=O)N[C@@H]1CN(C(=O)C2CC2)C[C@H]1O. The summed E-state index contributed by atoms with van der Waals surface area (Å²) in [5.74, 6) is 0.134. The van der Waals surface area contributed by atoms with Crippen molar-refractivity contribution in [2.75, 3.05) is 13.1 Å². The number of aliphatic hydroxyl groups is 1. The number of amides is 2. The quantitative estimate of drug-likeness (QED) is 0.623. The largest absolute Gasteiger partial charge is 0.389 e. The Balaban J connectivity index is 1.90. The predicted octanol–water partition coefficient (Wildman–Crippen LogP) is -0.896. The van der Waals surface area contributed by atoms with Crippen molar-refractivity contribution in [3.8, 4) is 0 Å². The average molecular weight is 212 g/mol. The molecular formula is C10H16N2O3. The molecule has 2 atom stereocenters. The first kappa shape index (κ1) is 10.4. The highest BCUT2D eigenvalue weighted by Crippen LogP contribution is 2.32. The molecule has 1 saturated heterocycles. The Hall–Kier alpha value is -1.10. The van der Waals surface area contributed by atoms with Crippen LogP contribution in [0.1, 0.15) is 19.8 Å². The minimum Gasteiger partial charge on any atom is -0.389 e. The smallest absolute Gasteiger partial charge is 0.225 e. The van der Waals surface area contributed by atoms with E-state index in [9.17, 15) is 14.7 Å². The van der Waals surface area contributed by atoms with Gasteiger partial charge in [-0.05, 0) is 12.8 Å². The molecule has 0 spiro atoms. The van der Waals surface area contributed by atoms with Crippen LogP contribution in [0.15, 0.2) is 0 Å². The molecular weight excluding hydrogens is 196 g/mol. The molecule has 1 aliphatic carbocycles. The van der Waals surface area contributed by atoms with Crippen molar-refractivity contribution in [3.63, 3.8) is 0 Å². The van der Waals surface area contributed by atoms with E-state index in [0.717, 1.165) is 12.8 Å². The molecule has 0 aromatic rings. The van der Waals surface area contributed by atoms with E-state index in [-0.39, 0.29) is 23.8 Å². The fraction of sp³-hybridized carbons (Fsp3) is 0.800. The molecule has 2 aliphatic rings. The number of β-amino-alcohol motifs (C(OH)–C–C–N with tert-alkyl or cyclic N) is 1.